The van der Waals surface area contributed by atoms with Crippen LogP contribution in [0, 0.1) is 5.82 Å². The molecule has 156 valence electrons. The maximum Gasteiger partial charge on any atom is 0.326 e. The van der Waals surface area contributed by atoms with E-state index >= 15 is 0 Å². The van der Waals surface area contributed by atoms with E-state index in [1.165, 1.54) is 18.2 Å². The molecular weight excluding hydrogens is 391 g/mol. The van der Waals surface area contributed by atoms with Crippen LogP contribution in [-0.4, -0.2) is 47.3 Å². The van der Waals surface area contributed by atoms with Gasteiger partial charge in [-0.1, -0.05) is 42.5 Å². The molecule has 1 aliphatic rings. The molecule has 7 nitrogen and oxygen atoms in total. The number of halogens is 1. The summed E-state index contributed by atoms with van der Waals surface area (Å²) in [5.74, 6) is -2.61. The Morgan fingerprint density at radius 1 is 1.10 bits per heavy atom. The minimum atomic E-state index is -1.13. The number of esters is 1. The highest BCUT2D eigenvalue weighted by Gasteiger charge is 2.48. The summed E-state index contributed by atoms with van der Waals surface area (Å²) in [5, 5.41) is 2.62. The molecule has 0 aromatic heterocycles. The molecule has 1 aliphatic heterocycles. The van der Waals surface area contributed by atoms with Gasteiger partial charge in [-0.25, -0.2) is 9.18 Å². The Hall–Kier alpha value is -3.55. The van der Waals surface area contributed by atoms with Crippen LogP contribution in [0.15, 0.2) is 54.6 Å². The number of Topliss-reactive ketones (excluding diaryl/α,β-unsaturated/α-hetero) is 1. The third-order valence-electron chi connectivity index (χ3n) is 4.90. The van der Waals surface area contributed by atoms with Crippen LogP contribution >= 0.6 is 0 Å². The van der Waals surface area contributed by atoms with Crippen LogP contribution in [0.1, 0.15) is 29.3 Å². The normalized spacial score (nSPS) is 18.3. The predicted molar refractivity (Wildman–Crippen MR) is 105 cm³/mol. The number of nitrogens with zero attached hydrogens (tertiary/aromatic N) is 1. The Balaban J connectivity index is 1.54. The number of aryl methyl sites for hydroxylation is 1. The summed E-state index contributed by atoms with van der Waals surface area (Å²) in [5.41, 5.74) is -0.0503. The Morgan fingerprint density at radius 2 is 1.83 bits per heavy atom. The van der Waals surface area contributed by atoms with E-state index in [1.54, 1.807) is 6.92 Å². The van der Waals surface area contributed by atoms with E-state index in [-0.39, 0.29) is 5.56 Å². The number of hydrogen-bond acceptors (Lipinski definition) is 5. The summed E-state index contributed by atoms with van der Waals surface area (Å²) in [6, 6.07) is 13.8. The number of amides is 3. The number of benzene rings is 2. The topological polar surface area (TPSA) is 92.8 Å². The summed E-state index contributed by atoms with van der Waals surface area (Å²) in [7, 11) is 0. The number of ether oxygens (including phenoxy) is 1. The van der Waals surface area contributed by atoms with Gasteiger partial charge in [0, 0.05) is 5.56 Å². The SMILES string of the molecule is C[C@@]1(CCc2ccccc2)NC(=O)N(CC(=O)OCC(=O)c2cccc(F)c2)C1=O. The van der Waals surface area contributed by atoms with Crippen LogP contribution in [-0.2, 0) is 20.7 Å². The van der Waals surface area contributed by atoms with Gasteiger partial charge >= 0.3 is 12.0 Å². The highest BCUT2D eigenvalue weighted by Crippen LogP contribution is 2.23. The molecule has 2 aromatic carbocycles. The van der Waals surface area contributed by atoms with Gasteiger partial charge in [-0.2, -0.15) is 0 Å². The number of imide groups is 1. The van der Waals surface area contributed by atoms with Gasteiger partial charge in [-0.3, -0.25) is 19.3 Å². The van der Waals surface area contributed by atoms with E-state index in [4.69, 9.17) is 4.74 Å². The van der Waals surface area contributed by atoms with E-state index < -0.39 is 48.2 Å². The average Bonchev–Trinajstić information content (AvgIpc) is 2.94. The second kappa shape index (κ2) is 8.86. The summed E-state index contributed by atoms with van der Waals surface area (Å²) in [6.45, 7) is 0.383. The first kappa shape index (κ1) is 21.2. The summed E-state index contributed by atoms with van der Waals surface area (Å²) in [6.07, 6.45) is 0.939. The van der Waals surface area contributed by atoms with Gasteiger partial charge in [0.05, 0.1) is 0 Å². The van der Waals surface area contributed by atoms with Crippen LogP contribution in [0.4, 0.5) is 9.18 Å². The first-order valence-electron chi connectivity index (χ1n) is 9.41. The molecule has 0 spiro atoms. The molecule has 0 bridgehead atoms. The molecule has 1 atom stereocenters. The zero-order chi connectivity index (χ0) is 21.7. The Kier molecular flexibility index (Phi) is 6.25. The van der Waals surface area contributed by atoms with Gasteiger partial charge in [0.2, 0.25) is 0 Å². The second-order valence-electron chi connectivity index (χ2n) is 7.23. The number of hydrogen-bond donors (Lipinski definition) is 1. The highest BCUT2D eigenvalue weighted by atomic mass is 19.1. The monoisotopic (exact) mass is 412 g/mol. The lowest BCUT2D eigenvalue weighted by Crippen LogP contribution is -2.44. The van der Waals surface area contributed by atoms with E-state index in [0.29, 0.717) is 12.8 Å². The first-order valence-corrected chi connectivity index (χ1v) is 9.41. The van der Waals surface area contributed by atoms with Crippen molar-refractivity contribution in [1.82, 2.24) is 10.2 Å². The lowest BCUT2D eigenvalue weighted by Gasteiger charge is -2.21. The molecule has 3 amide bonds. The van der Waals surface area contributed by atoms with Crippen LogP contribution in [0.2, 0.25) is 0 Å². The van der Waals surface area contributed by atoms with Crippen LogP contribution in [0.3, 0.4) is 0 Å². The highest BCUT2D eigenvalue weighted by molar-refractivity contribution is 6.08. The standard InChI is InChI=1S/C22H21FN2O5/c1-22(11-10-15-6-3-2-4-7-15)20(28)25(21(29)24-22)13-19(27)30-14-18(26)16-8-5-9-17(23)12-16/h2-9,12H,10-11,13-14H2,1H3,(H,24,29)/t22-/m0/s1. The number of urea groups is 1. The quantitative estimate of drug-likeness (QED) is 0.409. The third-order valence-corrected chi connectivity index (χ3v) is 4.90. The van der Waals surface area contributed by atoms with Crippen molar-refractivity contribution in [3.05, 3.63) is 71.5 Å². The smallest absolute Gasteiger partial charge is 0.326 e. The lowest BCUT2D eigenvalue weighted by atomic mass is 9.93. The summed E-state index contributed by atoms with van der Waals surface area (Å²) in [4.78, 5) is 49.8. The van der Waals surface area contributed by atoms with Gasteiger partial charge in [-0.15, -0.1) is 0 Å². The zero-order valence-corrected chi connectivity index (χ0v) is 16.4. The predicted octanol–water partition coefficient (Wildman–Crippen LogP) is 2.49. The average molecular weight is 412 g/mol. The van der Waals surface area contributed by atoms with Crippen LogP contribution < -0.4 is 5.32 Å². The molecule has 0 aliphatic carbocycles. The molecule has 1 saturated heterocycles. The molecule has 30 heavy (non-hydrogen) atoms. The number of carbonyl (C=O) groups is 4. The number of rotatable bonds is 8. The van der Waals surface area contributed by atoms with Gasteiger partial charge in [0.1, 0.15) is 17.9 Å². The number of carbonyl (C=O) groups excluding carboxylic acids is 4. The van der Waals surface area contributed by atoms with Crippen LogP contribution in [0.25, 0.3) is 0 Å². The molecular formula is C22H21FN2O5. The molecule has 0 radical (unpaired) electrons. The minimum absolute atomic E-state index is 0.0614. The molecule has 0 unspecified atom stereocenters. The molecule has 0 saturated carbocycles. The fourth-order valence-corrected chi connectivity index (χ4v) is 3.17. The van der Waals surface area contributed by atoms with E-state index in [1.807, 2.05) is 30.3 Å². The van der Waals surface area contributed by atoms with Crippen molar-refractivity contribution < 1.29 is 28.3 Å². The van der Waals surface area contributed by atoms with E-state index in [0.717, 1.165) is 16.5 Å². The molecule has 1 N–H and O–H groups in total. The van der Waals surface area contributed by atoms with Gasteiger partial charge < -0.3 is 10.1 Å². The third kappa shape index (κ3) is 4.89. The number of nitrogens with one attached hydrogen (secondary N) is 1. The molecule has 1 heterocycles. The molecule has 3 rings (SSSR count). The molecule has 8 heteroatoms. The Bertz CT molecular complexity index is 979. The van der Waals surface area contributed by atoms with E-state index in [2.05, 4.69) is 5.32 Å². The number of ketones is 1. The molecule has 2 aromatic rings. The van der Waals surface area contributed by atoms with Crippen molar-refractivity contribution in [3.63, 3.8) is 0 Å². The zero-order valence-electron chi connectivity index (χ0n) is 16.4. The first-order chi connectivity index (χ1) is 14.3. The van der Waals surface area contributed by atoms with Crippen molar-refractivity contribution in [2.24, 2.45) is 0 Å². The summed E-state index contributed by atoms with van der Waals surface area (Å²) >= 11 is 0. The maximum absolute atomic E-state index is 13.2. The van der Waals surface area contributed by atoms with Crippen molar-refractivity contribution in [3.8, 4) is 0 Å². The van der Waals surface area contributed by atoms with Crippen molar-refractivity contribution >= 4 is 23.7 Å². The lowest BCUT2D eigenvalue weighted by molar-refractivity contribution is -0.146. The van der Waals surface area contributed by atoms with Gasteiger partial charge in [-0.05, 0) is 37.5 Å². The fraction of sp³-hybridized carbons (Fsp3) is 0.273. The molecule has 1 fully saturated rings. The summed E-state index contributed by atoms with van der Waals surface area (Å²) < 4.78 is 18.0. The van der Waals surface area contributed by atoms with Gasteiger partial charge in [0.25, 0.3) is 5.91 Å². The van der Waals surface area contributed by atoms with Crippen molar-refractivity contribution in [2.45, 2.75) is 25.3 Å². The van der Waals surface area contributed by atoms with Crippen LogP contribution in [0.5, 0.6) is 0 Å². The fourth-order valence-electron chi connectivity index (χ4n) is 3.17. The largest absolute Gasteiger partial charge is 0.456 e. The Morgan fingerprint density at radius 3 is 2.53 bits per heavy atom. The minimum Gasteiger partial charge on any atom is -0.456 e. The van der Waals surface area contributed by atoms with E-state index in [9.17, 15) is 23.6 Å². The van der Waals surface area contributed by atoms with Crippen molar-refractivity contribution in [2.75, 3.05) is 13.2 Å². The Labute approximate surface area is 172 Å². The maximum atomic E-state index is 13.2. The van der Waals surface area contributed by atoms with Crippen molar-refractivity contribution in [1.29, 1.82) is 0 Å². The second-order valence-corrected chi connectivity index (χ2v) is 7.23. The van der Waals surface area contributed by atoms with Gasteiger partial charge in [0.15, 0.2) is 12.4 Å².